The van der Waals surface area contributed by atoms with Crippen molar-refractivity contribution in [2.45, 2.75) is 43.8 Å². The van der Waals surface area contributed by atoms with Gasteiger partial charge in [-0.1, -0.05) is 0 Å². The van der Waals surface area contributed by atoms with Crippen LogP contribution in [0.4, 0.5) is 4.79 Å². The molecule has 2 aromatic rings. The van der Waals surface area contributed by atoms with Crippen molar-refractivity contribution >= 4 is 40.5 Å². The van der Waals surface area contributed by atoms with Gasteiger partial charge in [0.1, 0.15) is 0 Å². The summed E-state index contributed by atoms with van der Waals surface area (Å²) in [6.07, 6.45) is 3.69. The van der Waals surface area contributed by atoms with E-state index in [9.17, 15) is 13.2 Å². The van der Waals surface area contributed by atoms with Crippen LogP contribution >= 0.6 is 0 Å². The zero-order valence-electron chi connectivity index (χ0n) is 17.2. The number of rotatable bonds is 6. The maximum absolute atomic E-state index is 12.0. The molecular weight excluding hydrogens is 469 g/mol. The van der Waals surface area contributed by atoms with E-state index in [0.29, 0.717) is 36.7 Å². The van der Waals surface area contributed by atoms with Gasteiger partial charge in [-0.3, -0.25) is 0 Å². The molecule has 2 heterocycles. The number of carbonyl (C=O) groups excluding carboxylic acids is 1. The average molecular weight is 494 g/mol. The molecule has 1 saturated heterocycles. The molecule has 0 N–H and O–H groups in total. The second kappa shape index (κ2) is 9.79. The van der Waals surface area contributed by atoms with Crippen molar-refractivity contribution in [1.29, 1.82) is 0 Å². The van der Waals surface area contributed by atoms with Gasteiger partial charge in [0, 0.05) is 0 Å². The molecule has 1 aliphatic rings. The van der Waals surface area contributed by atoms with E-state index in [4.69, 9.17) is 9.47 Å². The Hall–Kier alpha value is -2.12. The van der Waals surface area contributed by atoms with Crippen molar-refractivity contribution in [2.75, 3.05) is 19.3 Å². The molecule has 0 saturated carbocycles. The molecule has 0 unspecified atom stereocenters. The van der Waals surface area contributed by atoms with E-state index >= 15 is 0 Å². The molecular formula is C20H25AsN3O5S. The fourth-order valence-corrected chi connectivity index (χ4v) is 5.37. The number of aromatic nitrogens is 2. The van der Waals surface area contributed by atoms with Crippen LogP contribution in [-0.4, -0.2) is 76.7 Å². The van der Waals surface area contributed by atoms with Gasteiger partial charge in [0.25, 0.3) is 0 Å². The number of likely N-dealkylation sites (tertiary alicyclic amines) is 1. The van der Waals surface area contributed by atoms with Crippen LogP contribution in [0.3, 0.4) is 0 Å². The van der Waals surface area contributed by atoms with Gasteiger partial charge in [0.15, 0.2) is 0 Å². The molecule has 1 fully saturated rings. The van der Waals surface area contributed by atoms with Gasteiger partial charge in [0.05, 0.1) is 0 Å². The number of piperidine rings is 1. The predicted octanol–water partition coefficient (Wildman–Crippen LogP) is 0.923. The third kappa shape index (κ3) is 6.44. The molecule has 0 aliphatic carbocycles. The van der Waals surface area contributed by atoms with Crippen molar-refractivity contribution < 1.29 is 22.7 Å². The Balaban J connectivity index is 1.55. The maximum atomic E-state index is 12.0. The first-order valence-electron chi connectivity index (χ1n) is 9.67. The number of hydrogen-bond acceptors (Lipinski definition) is 7. The fourth-order valence-electron chi connectivity index (χ4n) is 2.96. The normalized spacial score (nSPS) is 15.7. The number of amides is 1. The van der Waals surface area contributed by atoms with E-state index in [1.807, 2.05) is 32.0 Å². The summed E-state index contributed by atoms with van der Waals surface area (Å²) in [5.41, 5.74) is 0. The summed E-state index contributed by atoms with van der Waals surface area (Å²) in [5, 5.41) is 0. The van der Waals surface area contributed by atoms with Crippen LogP contribution in [0, 0.1) is 0 Å². The SMILES string of the molecule is CC(C)OC(=O)N1CCC(Oc2cc([As]c3ccc(S(C)(=O)=O)cc3)ncn2)CC1. The van der Waals surface area contributed by atoms with Crippen LogP contribution < -0.4 is 13.6 Å². The zero-order valence-corrected chi connectivity index (χ0v) is 19.9. The minimum atomic E-state index is -3.20. The summed E-state index contributed by atoms with van der Waals surface area (Å²) in [4.78, 5) is 22.5. The Morgan fingerprint density at radius 3 is 2.43 bits per heavy atom. The molecule has 0 spiro atoms. The molecule has 10 heteroatoms. The molecule has 1 aliphatic heterocycles. The third-order valence-corrected chi connectivity index (χ3v) is 7.75. The van der Waals surface area contributed by atoms with Gasteiger partial charge >= 0.3 is 184 Å². The summed E-state index contributed by atoms with van der Waals surface area (Å²) < 4.78 is 36.3. The Bertz CT molecular complexity index is 974. The van der Waals surface area contributed by atoms with Crippen LogP contribution in [0.2, 0.25) is 0 Å². The molecule has 1 aromatic heterocycles. The fraction of sp³-hybridized carbons (Fsp3) is 0.450. The van der Waals surface area contributed by atoms with E-state index in [0.717, 1.165) is 8.83 Å². The summed E-state index contributed by atoms with van der Waals surface area (Å²) in [6.45, 7) is 4.85. The van der Waals surface area contributed by atoms with E-state index in [1.54, 1.807) is 17.0 Å². The van der Waals surface area contributed by atoms with Crippen molar-refractivity contribution in [3.8, 4) is 5.88 Å². The van der Waals surface area contributed by atoms with Gasteiger partial charge < -0.3 is 0 Å². The van der Waals surface area contributed by atoms with Gasteiger partial charge in [-0.15, -0.1) is 0 Å². The van der Waals surface area contributed by atoms with Gasteiger partial charge in [-0.2, -0.15) is 0 Å². The number of ether oxygens (including phenoxy) is 2. The van der Waals surface area contributed by atoms with E-state index in [2.05, 4.69) is 9.97 Å². The van der Waals surface area contributed by atoms with Gasteiger partial charge in [0.2, 0.25) is 0 Å². The molecule has 8 nitrogen and oxygen atoms in total. The molecule has 0 bridgehead atoms. The van der Waals surface area contributed by atoms with Crippen LogP contribution in [0.1, 0.15) is 26.7 Å². The standard InChI is InChI=1S/C20H25AsN3O5S/c1-14(2)28-20(25)24-10-8-16(9-11-24)29-19-12-18(22-13-23-19)21-15-4-6-17(7-5-15)30(3,26)27/h4-7,12-14,16H,8-11H2,1-3H3. The molecule has 1 amide bonds. The third-order valence-electron chi connectivity index (χ3n) is 4.46. The van der Waals surface area contributed by atoms with E-state index in [-0.39, 0.29) is 18.3 Å². The Labute approximate surface area is 183 Å². The van der Waals surface area contributed by atoms with Crippen molar-refractivity contribution in [3.05, 3.63) is 36.7 Å². The Kier molecular flexibility index (Phi) is 7.36. The average Bonchev–Trinajstić information content (AvgIpc) is 2.68. The van der Waals surface area contributed by atoms with Gasteiger partial charge in [-0.05, 0) is 0 Å². The molecule has 1 aromatic carbocycles. The summed E-state index contributed by atoms with van der Waals surface area (Å²) >= 11 is -0.416. The Morgan fingerprint density at radius 1 is 1.17 bits per heavy atom. The summed E-state index contributed by atoms with van der Waals surface area (Å²) in [5.74, 6) is 0.520. The first kappa shape index (κ1) is 22.6. The van der Waals surface area contributed by atoms with Crippen LogP contribution in [0.5, 0.6) is 5.88 Å². The van der Waals surface area contributed by atoms with Crippen LogP contribution in [0.15, 0.2) is 41.6 Å². The zero-order chi connectivity index (χ0) is 21.7. The van der Waals surface area contributed by atoms with Crippen molar-refractivity contribution in [2.24, 2.45) is 0 Å². The monoisotopic (exact) mass is 494 g/mol. The second-order valence-electron chi connectivity index (χ2n) is 7.33. The number of carbonyl (C=O) groups is 1. The van der Waals surface area contributed by atoms with Crippen molar-refractivity contribution in [3.63, 3.8) is 0 Å². The number of benzene rings is 1. The number of hydrogen-bond donors (Lipinski definition) is 0. The molecule has 161 valence electrons. The van der Waals surface area contributed by atoms with E-state index in [1.165, 1.54) is 12.6 Å². The molecule has 0 atom stereocenters. The summed E-state index contributed by atoms with van der Waals surface area (Å²) in [7, 11) is -3.20. The number of nitrogens with zero attached hydrogens (tertiary/aromatic N) is 3. The quantitative estimate of drug-likeness (QED) is 0.551. The number of sulfone groups is 1. The first-order valence-corrected chi connectivity index (χ1v) is 13.4. The minimum absolute atomic E-state index is 0.0128. The molecule has 30 heavy (non-hydrogen) atoms. The van der Waals surface area contributed by atoms with Crippen LogP contribution in [0.25, 0.3) is 0 Å². The summed E-state index contributed by atoms with van der Waals surface area (Å²) in [6, 6.07) is 8.73. The Morgan fingerprint density at radius 2 is 1.83 bits per heavy atom. The van der Waals surface area contributed by atoms with Crippen molar-refractivity contribution in [1.82, 2.24) is 14.9 Å². The topological polar surface area (TPSA) is 98.7 Å². The van der Waals surface area contributed by atoms with Crippen LogP contribution in [-0.2, 0) is 14.6 Å². The van der Waals surface area contributed by atoms with Gasteiger partial charge in [-0.25, -0.2) is 0 Å². The molecule has 1 radical (unpaired) electrons. The molecule has 3 rings (SSSR count). The second-order valence-corrected chi connectivity index (χ2v) is 11.9. The first-order chi connectivity index (χ1) is 14.2. The van der Waals surface area contributed by atoms with E-state index < -0.39 is 25.6 Å². The predicted molar refractivity (Wildman–Crippen MR) is 113 cm³/mol.